The molecule has 1 aliphatic rings. The second kappa shape index (κ2) is 9.58. The molecule has 8 nitrogen and oxygen atoms in total. The summed E-state index contributed by atoms with van der Waals surface area (Å²) in [5.74, 6) is 0.825. The quantitative estimate of drug-likeness (QED) is 0.322. The minimum Gasteiger partial charge on any atom is -0.385 e. The molecule has 1 saturated carbocycles. The van der Waals surface area contributed by atoms with Gasteiger partial charge in [-0.15, -0.1) is 10.2 Å². The molecule has 1 fully saturated rings. The lowest BCUT2D eigenvalue weighted by molar-refractivity contribution is -0.118. The number of rotatable bonds is 12. The van der Waals surface area contributed by atoms with Crippen molar-refractivity contribution in [2.24, 2.45) is 5.73 Å². The number of aromatic nitrogens is 4. The van der Waals surface area contributed by atoms with Gasteiger partial charge >= 0.3 is 0 Å². The molecule has 29 heavy (non-hydrogen) atoms. The van der Waals surface area contributed by atoms with E-state index in [-0.39, 0.29) is 18.1 Å². The first-order chi connectivity index (χ1) is 13.9. The minimum atomic E-state index is -0.347. The van der Waals surface area contributed by atoms with Crippen LogP contribution in [0.4, 0.5) is 0 Å². The number of thioether (sulfide) groups is 1. The molecule has 1 amide bonds. The molecule has 2 heterocycles. The van der Waals surface area contributed by atoms with Crippen LogP contribution in [0.25, 0.3) is 0 Å². The maximum Gasteiger partial charge on any atom is 0.217 e. The molecule has 0 atom stereocenters. The third-order valence-electron chi connectivity index (χ3n) is 5.18. The van der Waals surface area contributed by atoms with Crippen LogP contribution >= 0.6 is 11.8 Å². The molecule has 9 heteroatoms. The van der Waals surface area contributed by atoms with Gasteiger partial charge in [-0.2, -0.15) is 0 Å². The largest absolute Gasteiger partial charge is 0.385 e. The number of methoxy groups -OCH3 is 1. The van der Waals surface area contributed by atoms with E-state index in [1.165, 1.54) is 11.8 Å². The average Bonchev–Trinajstić information content (AvgIpc) is 3.38. The van der Waals surface area contributed by atoms with Gasteiger partial charge in [-0.05, 0) is 39.2 Å². The van der Waals surface area contributed by atoms with E-state index in [0.29, 0.717) is 24.8 Å². The van der Waals surface area contributed by atoms with Crippen molar-refractivity contribution in [1.29, 1.82) is 0 Å². The molecule has 0 bridgehead atoms. The van der Waals surface area contributed by atoms with Crippen molar-refractivity contribution < 1.29 is 14.3 Å². The molecule has 0 aliphatic heterocycles. The topological polar surface area (TPSA) is 105 Å². The van der Waals surface area contributed by atoms with Gasteiger partial charge in [0.25, 0.3) is 0 Å². The number of primary amides is 1. The Morgan fingerprint density at radius 1 is 1.31 bits per heavy atom. The molecule has 0 spiro atoms. The molecule has 2 aromatic rings. The van der Waals surface area contributed by atoms with E-state index < -0.39 is 0 Å². The Kier molecular flexibility index (Phi) is 7.13. The van der Waals surface area contributed by atoms with Gasteiger partial charge in [0.1, 0.15) is 5.82 Å². The van der Waals surface area contributed by atoms with Crippen LogP contribution in [0.3, 0.4) is 0 Å². The van der Waals surface area contributed by atoms with Gasteiger partial charge < -0.3 is 19.6 Å². The minimum absolute atomic E-state index is 0.0881. The van der Waals surface area contributed by atoms with E-state index in [9.17, 15) is 9.59 Å². The first-order valence-corrected chi connectivity index (χ1v) is 10.9. The van der Waals surface area contributed by atoms with Crippen LogP contribution in [0.15, 0.2) is 11.2 Å². The Balaban J connectivity index is 1.67. The number of nitrogens with two attached hydrogens (primary N) is 1. The van der Waals surface area contributed by atoms with Crippen LogP contribution in [-0.4, -0.2) is 50.5 Å². The molecule has 1 aliphatic carbocycles. The van der Waals surface area contributed by atoms with E-state index >= 15 is 0 Å². The maximum absolute atomic E-state index is 12.9. The summed E-state index contributed by atoms with van der Waals surface area (Å²) in [5.41, 5.74) is 8.11. The lowest BCUT2D eigenvalue weighted by Gasteiger charge is -2.10. The standard InChI is InChI=1S/C20H29N5O3S/c1-13-11-16(14(2)24(13)9-4-10-28-3)17(26)12-29-20-23-22-19(8-7-18(21)27)25(20)15-5-6-15/h11,15H,4-10,12H2,1-3H3,(H2,21,27). The fourth-order valence-corrected chi connectivity index (χ4v) is 4.42. The van der Waals surface area contributed by atoms with Crippen molar-refractivity contribution in [2.45, 2.75) is 63.7 Å². The molecular formula is C20H29N5O3S. The number of carbonyl (C=O) groups is 2. The third-order valence-corrected chi connectivity index (χ3v) is 6.12. The lowest BCUT2D eigenvalue weighted by atomic mass is 10.2. The van der Waals surface area contributed by atoms with E-state index in [2.05, 4.69) is 19.3 Å². The van der Waals surface area contributed by atoms with Crippen molar-refractivity contribution in [2.75, 3.05) is 19.5 Å². The highest BCUT2D eigenvalue weighted by atomic mass is 32.2. The van der Waals surface area contributed by atoms with Crippen molar-refractivity contribution in [1.82, 2.24) is 19.3 Å². The third kappa shape index (κ3) is 5.27. The first-order valence-electron chi connectivity index (χ1n) is 9.96. The Labute approximate surface area is 175 Å². The summed E-state index contributed by atoms with van der Waals surface area (Å²) >= 11 is 1.41. The second-order valence-electron chi connectivity index (χ2n) is 7.46. The summed E-state index contributed by atoms with van der Waals surface area (Å²) < 4.78 is 9.38. The summed E-state index contributed by atoms with van der Waals surface area (Å²) in [5, 5.41) is 9.25. The number of Topliss-reactive ketones (excluding diaryl/α,β-unsaturated/α-hetero) is 1. The van der Waals surface area contributed by atoms with Crippen LogP contribution < -0.4 is 5.73 Å². The van der Waals surface area contributed by atoms with Crippen LogP contribution in [0.2, 0.25) is 0 Å². The van der Waals surface area contributed by atoms with Crippen molar-refractivity contribution >= 4 is 23.5 Å². The van der Waals surface area contributed by atoms with Gasteiger partial charge in [0.15, 0.2) is 10.9 Å². The predicted molar refractivity (Wildman–Crippen MR) is 111 cm³/mol. The van der Waals surface area contributed by atoms with Crippen molar-refractivity contribution in [3.63, 3.8) is 0 Å². The molecule has 0 aromatic carbocycles. The summed E-state index contributed by atoms with van der Waals surface area (Å²) in [6, 6.07) is 2.34. The summed E-state index contributed by atoms with van der Waals surface area (Å²) in [6.07, 6.45) is 3.80. The predicted octanol–water partition coefficient (Wildman–Crippen LogP) is 2.46. The number of amides is 1. The van der Waals surface area contributed by atoms with Gasteiger partial charge in [0.2, 0.25) is 5.91 Å². The van der Waals surface area contributed by atoms with Gasteiger partial charge in [-0.1, -0.05) is 11.8 Å². The highest BCUT2D eigenvalue weighted by molar-refractivity contribution is 7.99. The van der Waals surface area contributed by atoms with Crippen LogP contribution in [0.1, 0.15) is 59.3 Å². The number of hydrogen-bond donors (Lipinski definition) is 1. The zero-order valence-electron chi connectivity index (χ0n) is 17.3. The molecule has 0 unspecified atom stereocenters. The SMILES string of the molecule is COCCCn1c(C)cc(C(=O)CSc2nnc(CCC(N)=O)n2C2CC2)c1C. The number of aryl methyl sites for hydroxylation is 2. The fourth-order valence-electron chi connectivity index (χ4n) is 3.51. The Bertz CT molecular complexity index is 885. The van der Waals surface area contributed by atoms with Gasteiger partial charge in [0.05, 0.1) is 5.75 Å². The molecular weight excluding hydrogens is 390 g/mol. The van der Waals surface area contributed by atoms with E-state index in [4.69, 9.17) is 10.5 Å². The number of hydrogen-bond acceptors (Lipinski definition) is 6. The number of nitrogens with zero attached hydrogens (tertiary/aromatic N) is 4. The van der Waals surface area contributed by atoms with Crippen LogP contribution in [-0.2, 0) is 22.5 Å². The summed E-state index contributed by atoms with van der Waals surface area (Å²) in [4.78, 5) is 24.0. The summed E-state index contributed by atoms with van der Waals surface area (Å²) in [7, 11) is 1.70. The van der Waals surface area contributed by atoms with E-state index in [1.54, 1.807) is 7.11 Å². The molecule has 2 aromatic heterocycles. The molecule has 0 radical (unpaired) electrons. The molecule has 0 saturated heterocycles. The zero-order chi connectivity index (χ0) is 21.0. The fraction of sp³-hybridized carbons (Fsp3) is 0.600. The van der Waals surface area contributed by atoms with E-state index in [0.717, 1.165) is 53.7 Å². The van der Waals surface area contributed by atoms with Crippen molar-refractivity contribution in [3.8, 4) is 0 Å². The maximum atomic E-state index is 12.9. The van der Waals surface area contributed by atoms with Crippen LogP contribution in [0.5, 0.6) is 0 Å². The van der Waals surface area contributed by atoms with Crippen molar-refractivity contribution in [3.05, 3.63) is 28.8 Å². The van der Waals surface area contributed by atoms with Crippen LogP contribution in [0, 0.1) is 13.8 Å². The highest BCUT2D eigenvalue weighted by Crippen LogP contribution is 2.39. The highest BCUT2D eigenvalue weighted by Gasteiger charge is 2.30. The summed E-state index contributed by atoms with van der Waals surface area (Å²) in [6.45, 7) is 5.56. The van der Waals surface area contributed by atoms with Gasteiger partial charge in [0, 0.05) is 56.1 Å². The normalized spacial score (nSPS) is 13.8. The molecule has 158 valence electrons. The zero-order valence-corrected chi connectivity index (χ0v) is 18.1. The molecule has 2 N–H and O–H groups in total. The van der Waals surface area contributed by atoms with Gasteiger partial charge in [-0.3, -0.25) is 9.59 Å². The Morgan fingerprint density at radius 2 is 2.07 bits per heavy atom. The number of ether oxygens (including phenoxy) is 1. The van der Waals surface area contributed by atoms with E-state index in [1.807, 2.05) is 19.9 Å². The second-order valence-corrected chi connectivity index (χ2v) is 8.40. The Hall–Kier alpha value is -2.13. The monoisotopic (exact) mass is 419 g/mol. The molecule has 3 rings (SSSR count). The lowest BCUT2D eigenvalue weighted by Crippen LogP contribution is -2.13. The first kappa shape index (κ1) is 21.6. The number of carbonyl (C=O) groups excluding carboxylic acids is 2. The smallest absolute Gasteiger partial charge is 0.217 e. The average molecular weight is 420 g/mol. The Morgan fingerprint density at radius 3 is 2.72 bits per heavy atom. The van der Waals surface area contributed by atoms with Gasteiger partial charge in [-0.25, -0.2) is 0 Å². The number of ketones is 1.